The summed E-state index contributed by atoms with van der Waals surface area (Å²) in [6, 6.07) is 13.0. The number of H-pyrrole nitrogens is 1. The molecule has 7 nitrogen and oxygen atoms in total. The molecule has 3 rings (SSSR count). The van der Waals surface area contributed by atoms with E-state index < -0.39 is 17.2 Å². The number of rotatable bonds is 6. The quantitative estimate of drug-likeness (QED) is 0.704. The molecule has 0 aliphatic heterocycles. The summed E-state index contributed by atoms with van der Waals surface area (Å²) in [5.41, 5.74) is -0.279. The van der Waals surface area contributed by atoms with Gasteiger partial charge in [0.15, 0.2) is 0 Å². The van der Waals surface area contributed by atoms with Crippen LogP contribution >= 0.6 is 0 Å². The average Bonchev–Trinajstić information content (AvgIpc) is 3.12. The molecular weight excluding hydrogens is 322 g/mol. The highest BCUT2D eigenvalue weighted by Gasteiger charge is 2.15. The van der Waals surface area contributed by atoms with Crippen molar-refractivity contribution in [1.29, 1.82) is 0 Å². The number of furan rings is 1. The van der Waals surface area contributed by atoms with E-state index in [1.807, 2.05) is 30.3 Å². The second kappa shape index (κ2) is 7.48. The van der Waals surface area contributed by atoms with Crippen LogP contribution in [0.2, 0.25) is 0 Å². The Kier molecular flexibility index (Phi) is 4.94. The maximum absolute atomic E-state index is 12.4. The summed E-state index contributed by atoms with van der Waals surface area (Å²) in [7, 11) is 0. The van der Waals surface area contributed by atoms with Gasteiger partial charge in [0.1, 0.15) is 11.3 Å². The summed E-state index contributed by atoms with van der Waals surface area (Å²) in [4.78, 5) is 39.0. The number of hydrogen-bond acceptors (Lipinski definition) is 4. The van der Waals surface area contributed by atoms with Crippen LogP contribution < -0.4 is 16.6 Å². The molecular formula is C18H17N3O4. The Morgan fingerprint density at radius 1 is 1.12 bits per heavy atom. The summed E-state index contributed by atoms with van der Waals surface area (Å²) in [5.74, 6) is -0.0698. The molecule has 2 N–H and O–H groups in total. The number of carbonyl (C=O) groups is 1. The van der Waals surface area contributed by atoms with Crippen molar-refractivity contribution >= 4 is 5.91 Å². The van der Waals surface area contributed by atoms with E-state index in [-0.39, 0.29) is 12.1 Å². The molecule has 0 atom stereocenters. The minimum Gasteiger partial charge on any atom is -0.467 e. The van der Waals surface area contributed by atoms with E-state index >= 15 is 0 Å². The zero-order valence-electron chi connectivity index (χ0n) is 13.4. The van der Waals surface area contributed by atoms with E-state index in [1.165, 1.54) is 6.26 Å². The van der Waals surface area contributed by atoms with E-state index in [1.54, 1.807) is 12.1 Å². The van der Waals surface area contributed by atoms with Crippen LogP contribution in [0.25, 0.3) is 0 Å². The van der Waals surface area contributed by atoms with Gasteiger partial charge in [0.2, 0.25) is 0 Å². The molecule has 0 aliphatic carbocycles. The summed E-state index contributed by atoms with van der Waals surface area (Å²) in [6.07, 6.45) is 3.24. The Labute approximate surface area is 142 Å². The average molecular weight is 339 g/mol. The first kappa shape index (κ1) is 16.5. The lowest BCUT2D eigenvalue weighted by atomic mass is 10.1. The van der Waals surface area contributed by atoms with Gasteiger partial charge in [0.05, 0.1) is 12.8 Å². The first-order valence-corrected chi connectivity index (χ1v) is 7.82. The minimum atomic E-state index is -0.655. The molecule has 7 heteroatoms. The molecule has 1 aromatic carbocycles. The fourth-order valence-corrected chi connectivity index (χ4v) is 2.44. The number of hydrogen-bond donors (Lipinski definition) is 2. The third kappa shape index (κ3) is 3.95. The van der Waals surface area contributed by atoms with Gasteiger partial charge in [0, 0.05) is 12.7 Å². The largest absolute Gasteiger partial charge is 0.467 e. The van der Waals surface area contributed by atoms with Gasteiger partial charge in [0.25, 0.3) is 11.5 Å². The number of aromatic amines is 1. The van der Waals surface area contributed by atoms with Gasteiger partial charge < -0.3 is 14.7 Å². The number of benzene rings is 1. The Balaban J connectivity index is 1.72. The second-order valence-corrected chi connectivity index (χ2v) is 5.47. The van der Waals surface area contributed by atoms with Gasteiger partial charge in [-0.25, -0.2) is 4.79 Å². The smallest absolute Gasteiger partial charge is 0.328 e. The molecule has 3 aromatic rings. The van der Waals surface area contributed by atoms with Crippen molar-refractivity contribution in [2.45, 2.75) is 13.0 Å². The van der Waals surface area contributed by atoms with Crippen molar-refractivity contribution in [3.63, 3.8) is 0 Å². The molecule has 0 bridgehead atoms. The molecule has 2 aromatic heterocycles. The number of amides is 1. The summed E-state index contributed by atoms with van der Waals surface area (Å²) < 4.78 is 6.08. The lowest BCUT2D eigenvalue weighted by Crippen LogP contribution is -2.41. The van der Waals surface area contributed by atoms with Crippen LogP contribution in [0.4, 0.5) is 0 Å². The van der Waals surface area contributed by atoms with Gasteiger partial charge in [-0.3, -0.25) is 14.2 Å². The molecule has 1 amide bonds. The molecule has 25 heavy (non-hydrogen) atoms. The van der Waals surface area contributed by atoms with E-state index in [0.717, 1.165) is 16.3 Å². The lowest BCUT2D eigenvalue weighted by Gasteiger charge is -2.07. The summed E-state index contributed by atoms with van der Waals surface area (Å²) >= 11 is 0. The maximum atomic E-state index is 12.4. The first-order valence-electron chi connectivity index (χ1n) is 7.82. The normalized spacial score (nSPS) is 10.6. The third-order valence-electron chi connectivity index (χ3n) is 3.74. The van der Waals surface area contributed by atoms with Crippen LogP contribution in [0, 0.1) is 0 Å². The maximum Gasteiger partial charge on any atom is 0.328 e. The van der Waals surface area contributed by atoms with Gasteiger partial charge in [-0.15, -0.1) is 0 Å². The van der Waals surface area contributed by atoms with E-state index in [4.69, 9.17) is 4.42 Å². The molecule has 0 radical (unpaired) electrons. The van der Waals surface area contributed by atoms with E-state index in [0.29, 0.717) is 18.7 Å². The van der Waals surface area contributed by atoms with Gasteiger partial charge in [-0.2, -0.15) is 0 Å². The van der Waals surface area contributed by atoms with Crippen molar-refractivity contribution in [2.75, 3.05) is 6.54 Å². The molecule has 128 valence electrons. The fourth-order valence-electron chi connectivity index (χ4n) is 2.44. The number of nitrogens with zero attached hydrogens (tertiary/aromatic N) is 1. The van der Waals surface area contributed by atoms with Crippen molar-refractivity contribution in [3.05, 3.63) is 92.6 Å². The number of carbonyl (C=O) groups excluding carboxylic acids is 1. The Morgan fingerprint density at radius 2 is 1.92 bits per heavy atom. The van der Waals surface area contributed by atoms with Crippen LogP contribution in [-0.2, 0) is 13.0 Å². The number of aromatic nitrogens is 2. The van der Waals surface area contributed by atoms with Crippen molar-refractivity contribution in [2.24, 2.45) is 0 Å². The summed E-state index contributed by atoms with van der Waals surface area (Å²) in [5, 5.41) is 2.70. The lowest BCUT2D eigenvalue weighted by molar-refractivity contribution is 0.0951. The van der Waals surface area contributed by atoms with Crippen molar-refractivity contribution in [3.8, 4) is 0 Å². The van der Waals surface area contributed by atoms with Crippen LogP contribution in [0.1, 0.15) is 21.7 Å². The predicted molar refractivity (Wildman–Crippen MR) is 91.6 cm³/mol. The zero-order chi connectivity index (χ0) is 17.6. The molecule has 0 unspecified atom stereocenters. The third-order valence-corrected chi connectivity index (χ3v) is 3.74. The minimum absolute atomic E-state index is 0.0354. The molecule has 0 spiro atoms. The topological polar surface area (TPSA) is 97.1 Å². The second-order valence-electron chi connectivity index (χ2n) is 5.47. The standard InChI is InChI=1S/C18H17N3O4/c22-16(19-9-8-13-5-2-1-3-6-13)15-11-20-18(24)21(17(15)23)12-14-7-4-10-25-14/h1-7,10-11H,8-9,12H2,(H,19,22)(H,20,24). The predicted octanol–water partition coefficient (Wildman–Crippen LogP) is 1.15. The van der Waals surface area contributed by atoms with Gasteiger partial charge in [-0.1, -0.05) is 30.3 Å². The molecule has 0 saturated carbocycles. The zero-order valence-corrected chi connectivity index (χ0v) is 13.4. The van der Waals surface area contributed by atoms with E-state index in [9.17, 15) is 14.4 Å². The summed E-state index contributed by atoms with van der Waals surface area (Å²) in [6.45, 7) is 0.353. The van der Waals surface area contributed by atoms with Crippen LogP contribution in [0.3, 0.4) is 0 Å². The van der Waals surface area contributed by atoms with Crippen LogP contribution in [-0.4, -0.2) is 22.0 Å². The van der Waals surface area contributed by atoms with Crippen LogP contribution in [0.5, 0.6) is 0 Å². The van der Waals surface area contributed by atoms with E-state index in [2.05, 4.69) is 10.3 Å². The molecule has 0 saturated heterocycles. The van der Waals surface area contributed by atoms with Crippen LogP contribution in [0.15, 0.2) is 68.9 Å². The SMILES string of the molecule is O=C(NCCc1ccccc1)c1c[nH]c(=O)n(Cc2ccco2)c1=O. The highest BCUT2D eigenvalue weighted by atomic mass is 16.3. The van der Waals surface area contributed by atoms with Crippen molar-refractivity contribution < 1.29 is 9.21 Å². The Morgan fingerprint density at radius 3 is 2.64 bits per heavy atom. The Bertz CT molecular complexity index is 956. The molecule has 2 heterocycles. The Hall–Kier alpha value is -3.35. The number of nitrogens with one attached hydrogen (secondary N) is 2. The van der Waals surface area contributed by atoms with Gasteiger partial charge >= 0.3 is 5.69 Å². The highest BCUT2D eigenvalue weighted by Crippen LogP contribution is 2.01. The first-order chi connectivity index (χ1) is 12.1. The highest BCUT2D eigenvalue weighted by molar-refractivity contribution is 5.93. The van der Waals surface area contributed by atoms with Crippen molar-refractivity contribution in [1.82, 2.24) is 14.9 Å². The monoisotopic (exact) mass is 339 g/mol. The molecule has 0 aliphatic rings. The molecule has 0 fully saturated rings. The fraction of sp³-hybridized carbons (Fsp3) is 0.167. The van der Waals surface area contributed by atoms with Gasteiger partial charge in [-0.05, 0) is 24.1 Å².